The van der Waals surface area contributed by atoms with Gasteiger partial charge in [0.25, 0.3) is 0 Å². The van der Waals surface area contributed by atoms with Gasteiger partial charge in [0.1, 0.15) is 0 Å². The van der Waals surface area contributed by atoms with Gasteiger partial charge in [0, 0.05) is 0 Å². The van der Waals surface area contributed by atoms with Crippen molar-refractivity contribution in [1.82, 2.24) is 4.89 Å². The zero-order chi connectivity index (χ0) is 7.11. The average molecular weight is 147 g/mol. The molecule has 0 bridgehead atoms. The van der Waals surface area contributed by atoms with E-state index in [2.05, 4.69) is 0 Å². The molecule has 0 aliphatic carbocycles. The second-order valence-electron chi connectivity index (χ2n) is 1.32. The Labute approximate surface area is 58.7 Å². The van der Waals surface area contributed by atoms with E-state index in [1.54, 1.807) is 0 Å². The summed E-state index contributed by atoms with van der Waals surface area (Å²) in [7, 11) is 0.551. The van der Waals surface area contributed by atoms with E-state index in [4.69, 9.17) is 9.68 Å². The van der Waals surface area contributed by atoms with Crippen LogP contribution in [0.2, 0.25) is 6.55 Å². The van der Waals surface area contributed by atoms with Crippen LogP contribution in [0.25, 0.3) is 0 Å². The molecule has 4 heteroatoms. The normalized spacial score (nSPS) is 10.7. The fraction of sp³-hybridized carbons (Fsp3) is 1.00. The second-order valence-corrected chi connectivity index (χ2v) is 2.13. The lowest BCUT2D eigenvalue weighted by atomic mass is 10.9. The molecule has 0 rings (SSSR count). The first kappa shape index (κ1) is 9.10. The van der Waals surface area contributed by atoms with Crippen molar-refractivity contribution in [3.8, 4) is 0 Å². The minimum absolute atomic E-state index is 0.551. The van der Waals surface area contributed by atoms with E-state index in [1.165, 1.54) is 4.89 Å². The highest BCUT2D eigenvalue weighted by atomic mass is 28.2. The summed E-state index contributed by atoms with van der Waals surface area (Å²) in [6.07, 6.45) is 0. The van der Waals surface area contributed by atoms with E-state index in [9.17, 15) is 0 Å². The highest BCUT2D eigenvalue weighted by molar-refractivity contribution is 6.28. The van der Waals surface area contributed by atoms with Crippen molar-refractivity contribution in [3.05, 3.63) is 0 Å². The standard InChI is InChI=1S/C5H13NO2Si/c1-4-7-6(9-3)8-5-2/h4-5H2,1-3H3. The third-order valence-electron chi connectivity index (χ3n) is 0.675. The minimum atomic E-state index is 0.551. The van der Waals surface area contributed by atoms with Gasteiger partial charge >= 0.3 is 0 Å². The van der Waals surface area contributed by atoms with Gasteiger partial charge in [-0.15, -0.1) is 4.89 Å². The van der Waals surface area contributed by atoms with Crippen LogP contribution < -0.4 is 0 Å². The fourth-order valence-electron chi connectivity index (χ4n) is 0.401. The quantitative estimate of drug-likeness (QED) is 0.425. The molecule has 0 aliphatic rings. The first-order chi connectivity index (χ1) is 4.35. The van der Waals surface area contributed by atoms with Crippen LogP contribution >= 0.6 is 0 Å². The van der Waals surface area contributed by atoms with Crippen LogP contribution in [-0.4, -0.2) is 27.8 Å². The van der Waals surface area contributed by atoms with Gasteiger partial charge in [0.05, 0.1) is 13.2 Å². The SMILES string of the molecule is CCON(OCC)[Si]C. The van der Waals surface area contributed by atoms with Crippen molar-refractivity contribution in [1.29, 1.82) is 0 Å². The predicted molar refractivity (Wildman–Crippen MR) is 36.7 cm³/mol. The second kappa shape index (κ2) is 6.22. The van der Waals surface area contributed by atoms with Crippen LogP contribution in [-0.2, 0) is 9.68 Å². The largest absolute Gasteiger partial charge is 0.283 e. The first-order valence-electron chi connectivity index (χ1n) is 3.08. The van der Waals surface area contributed by atoms with Gasteiger partial charge in [0.15, 0.2) is 0 Å². The van der Waals surface area contributed by atoms with Crippen LogP contribution in [0.1, 0.15) is 13.8 Å². The minimum Gasteiger partial charge on any atom is -0.283 e. The Morgan fingerprint density at radius 1 is 1.22 bits per heavy atom. The topological polar surface area (TPSA) is 21.7 Å². The highest BCUT2D eigenvalue weighted by Crippen LogP contribution is 1.87. The van der Waals surface area contributed by atoms with Crippen molar-refractivity contribution >= 4 is 9.68 Å². The molecule has 0 aromatic rings. The van der Waals surface area contributed by atoms with E-state index < -0.39 is 0 Å². The van der Waals surface area contributed by atoms with E-state index in [1.807, 2.05) is 20.4 Å². The number of rotatable bonds is 5. The van der Waals surface area contributed by atoms with Gasteiger partial charge in [-0.2, -0.15) is 0 Å². The molecule has 0 atom stereocenters. The lowest BCUT2D eigenvalue weighted by Gasteiger charge is -2.16. The van der Waals surface area contributed by atoms with Crippen molar-refractivity contribution in [2.75, 3.05) is 13.2 Å². The molecule has 0 aromatic carbocycles. The van der Waals surface area contributed by atoms with Crippen molar-refractivity contribution in [2.24, 2.45) is 0 Å². The maximum atomic E-state index is 5.05. The number of hydrogen-bond acceptors (Lipinski definition) is 3. The summed E-state index contributed by atoms with van der Waals surface area (Å²) in [6, 6.07) is 0. The Kier molecular flexibility index (Phi) is 6.29. The number of nitrogens with zero attached hydrogens (tertiary/aromatic N) is 1. The van der Waals surface area contributed by atoms with Crippen LogP contribution in [0.3, 0.4) is 0 Å². The van der Waals surface area contributed by atoms with Crippen LogP contribution in [0.15, 0.2) is 0 Å². The maximum Gasteiger partial charge on any atom is 0.217 e. The molecule has 0 saturated carbocycles. The Bertz CT molecular complexity index is 56.9. The molecule has 0 N–H and O–H groups in total. The van der Waals surface area contributed by atoms with Gasteiger partial charge in [-0.05, 0) is 13.8 Å². The zero-order valence-electron chi connectivity index (χ0n) is 6.18. The van der Waals surface area contributed by atoms with Crippen molar-refractivity contribution in [3.63, 3.8) is 0 Å². The fourth-order valence-corrected chi connectivity index (χ4v) is 0.917. The molecule has 0 spiro atoms. The maximum absolute atomic E-state index is 5.05. The summed E-state index contributed by atoms with van der Waals surface area (Å²) in [6.45, 7) is 7.21. The summed E-state index contributed by atoms with van der Waals surface area (Å²) in [5.74, 6) is 0. The van der Waals surface area contributed by atoms with Gasteiger partial charge in [0.2, 0.25) is 9.68 Å². The summed E-state index contributed by atoms with van der Waals surface area (Å²) >= 11 is 0. The van der Waals surface area contributed by atoms with E-state index in [-0.39, 0.29) is 0 Å². The average Bonchev–Trinajstić information content (AvgIpc) is 1.88. The third-order valence-corrected chi connectivity index (χ3v) is 1.30. The first-order valence-corrected chi connectivity index (χ1v) is 4.53. The van der Waals surface area contributed by atoms with Gasteiger partial charge in [-0.1, -0.05) is 6.55 Å². The summed E-state index contributed by atoms with van der Waals surface area (Å²) in [5, 5.41) is 0. The summed E-state index contributed by atoms with van der Waals surface area (Å²) in [4.78, 5) is 11.6. The van der Waals surface area contributed by atoms with Gasteiger partial charge < -0.3 is 0 Å². The molecule has 0 amide bonds. The molecule has 54 valence electrons. The zero-order valence-corrected chi connectivity index (χ0v) is 7.18. The molecule has 0 aliphatic heterocycles. The molecular formula is C5H13NO2Si. The molecule has 0 heterocycles. The predicted octanol–water partition coefficient (Wildman–Crippen LogP) is 0.859. The van der Waals surface area contributed by atoms with Crippen LogP contribution in [0, 0.1) is 0 Å². The molecule has 0 saturated heterocycles. The van der Waals surface area contributed by atoms with Crippen molar-refractivity contribution < 1.29 is 9.68 Å². The number of hydrogen-bond donors (Lipinski definition) is 0. The lowest BCUT2D eigenvalue weighted by molar-refractivity contribution is -0.302. The molecule has 3 nitrogen and oxygen atoms in total. The molecule has 0 fully saturated rings. The van der Waals surface area contributed by atoms with E-state index in [0.717, 1.165) is 0 Å². The van der Waals surface area contributed by atoms with E-state index in [0.29, 0.717) is 22.9 Å². The van der Waals surface area contributed by atoms with Crippen LogP contribution in [0.5, 0.6) is 0 Å². The third kappa shape index (κ3) is 4.59. The summed E-state index contributed by atoms with van der Waals surface area (Å²) in [5.41, 5.74) is 0. The molecule has 2 radical (unpaired) electrons. The molecular weight excluding hydrogens is 134 g/mol. The van der Waals surface area contributed by atoms with Gasteiger partial charge in [-0.3, -0.25) is 9.68 Å². The Morgan fingerprint density at radius 2 is 1.67 bits per heavy atom. The summed E-state index contributed by atoms with van der Waals surface area (Å²) < 4.78 is 0. The smallest absolute Gasteiger partial charge is 0.217 e. The molecule has 0 unspecified atom stereocenters. The van der Waals surface area contributed by atoms with E-state index >= 15 is 0 Å². The van der Waals surface area contributed by atoms with Gasteiger partial charge in [-0.25, -0.2) is 0 Å². The monoisotopic (exact) mass is 147 g/mol. The Balaban J connectivity index is 3.18. The lowest BCUT2D eigenvalue weighted by Crippen LogP contribution is -2.26. The van der Waals surface area contributed by atoms with Crippen molar-refractivity contribution in [2.45, 2.75) is 20.4 Å². The Hall–Kier alpha value is 0.0969. The highest BCUT2D eigenvalue weighted by Gasteiger charge is 1.98. The molecule has 9 heavy (non-hydrogen) atoms. The Morgan fingerprint density at radius 3 is 1.89 bits per heavy atom. The molecule has 0 aromatic heterocycles. The van der Waals surface area contributed by atoms with Crippen LogP contribution in [0.4, 0.5) is 0 Å².